The van der Waals surface area contributed by atoms with Crippen molar-refractivity contribution in [2.45, 2.75) is 157 Å². The van der Waals surface area contributed by atoms with Gasteiger partial charge in [-0.3, -0.25) is 9.97 Å². The molecular formula is C63H73N5O9. The van der Waals surface area contributed by atoms with Crippen molar-refractivity contribution in [3.05, 3.63) is 130 Å². The third kappa shape index (κ3) is 12.6. The second-order valence-corrected chi connectivity index (χ2v) is 25.5. The normalized spacial score (nSPS) is 14.4. The fraction of sp³-hybridized carbons (Fsp3) is 0.397. The molecule has 6 aromatic rings. The number of nitrogens with one attached hydrogen (secondary N) is 2. The molecule has 3 aromatic heterocycles. The Morgan fingerprint density at radius 2 is 0.870 bits per heavy atom. The minimum absolute atomic E-state index is 0.171. The van der Waals surface area contributed by atoms with Gasteiger partial charge in [0.1, 0.15) is 22.4 Å². The molecule has 0 amide bonds. The fourth-order valence-electron chi connectivity index (χ4n) is 9.55. The lowest BCUT2D eigenvalue weighted by atomic mass is 9.85. The van der Waals surface area contributed by atoms with Crippen LogP contribution in [0.5, 0.6) is 5.75 Å². The Hall–Kier alpha value is -7.74. The zero-order valence-corrected chi connectivity index (χ0v) is 47.6. The number of hydrogen-bond donors (Lipinski definition) is 3. The van der Waals surface area contributed by atoms with Crippen molar-refractivity contribution in [2.24, 2.45) is 0 Å². The Morgan fingerprint density at radius 1 is 0.494 bits per heavy atom. The summed E-state index contributed by atoms with van der Waals surface area (Å²) in [5.41, 5.74) is 12.9. The number of aromatic nitrogens is 4. The quantitative estimate of drug-likeness (QED) is 0.0742. The van der Waals surface area contributed by atoms with E-state index in [1.165, 1.54) is 12.1 Å². The molecule has 404 valence electrons. The third-order valence-electron chi connectivity index (χ3n) is 12.8. The Bertz CT molecular complexity index is 3460. The van der Waals surface area contributed by atoms with Crippen molar-refractivity contribution in [1.29, 1.82) is 0 Å². The van der Waals surface area contributed by atoms with Gasteiger partial charge < -0.3 is 39.4 Å². The van der Waals surface area contributed by atoms with Gasteiger partial charge in [-0.2, -0.15) is 0 Å². The van der Waals surface area contributed by atoms with Crippen molar-refractivity contribution in [3.8, 4) is 39.1 Å². The number of benzene rings is 3. The molecular weight excluding hydrogens is 971 g/mol. The Morgan fingerprint density at radius 3 is 1.26 bits per heavy atom. The molecule has 5 heterocycles. The van der Waals surface area contributed by atoms with E-state index in [-0.39, 0.29) is 22.3 Å². The van der Waals surface area contributed by atoms with E-state index >= 15 is 0 Å². The number of esters is 4. The number of hydrogen-bond acceptors (Lipinski definition) is 12. The number of nitrogen functional groups attached to an aromatic ring is 1. The molecule has 2 aliphatic rings. The van der Waals surface area contributed by atoms with Gasteiger partial charge in [0.05, 0.1) is 51.8 Å². The number of carbonyl (C=O) groups excluding carboxylic acids is 4. The van der Waals surface area contributed by atoms with Crippen LogP contribution in [-0.2, 0) is 42.6 Å². The van der Waals surface area contributed by atoms with Crippen LogP contribution in [0.3, 0.4) is 0 Å². The number of nitrogens with zero attached hydrogens (tertiary/aromatic N) is 2. The lowest BCUT2D eigenvalue weighted by Gasteiger charge is -2.21. The van der Waals surface area contributed by atoms with Crippen LogP contribution in [0.15, 0.2) is 84.9 Å². The molecule has 0 radical (unpaired) electrons. The van der Waals surface area contributed by atoms with E-state index in [1.807, 2.05) is 48.5 Å². The number of nitrogens with two attached hydrogens (primary N) is 1. The number of methoxy groups -OCH3 is 1. The van der Waals surface area contributed by atoms with Crippen LogP contribution in [0.25, 0.3) is 55.4 Å². The van der Waals surface area contributed by atoms with Crippen molar-refractivity contribution in [3.63, 3.8) is 0 Å². The maximum atomic E-state index is 14.0. The van der Waals surface area contributed by atoms with Crippen LogP contribution in [-0.4, -0.2) is 73.3 Å². The maximum absolute atomic E-state index is 14.0. The van der Waals surface area contributed by atoms with Crippen LogP contribution >= 0.6 is 0 Å². The molecule has 14 heteroatoms. The molecule has 0 fully saturated rings. The summed E-state index contributed by atoms with van der Waals surface area (Å²) in [4.78, 5) is 74.0. The third-order valence-corrected chi connectivity index (χ3v) is 12.8. The van der Waals surface area contributed by atoms with Crippen LogP contribution in [0, 0.1) is 0 Å². The maximum Gasteiger partial charge on any atom is 0.338 e. The van der Waals surface area contributed by atoms with Gasteiger partial charge in [0.2, 0.25) is 0 Å². The fourth-order valence-corrected chi connectivity index (χ4v) is 9.55. The summed E-state index contributed by atoms with van der Waals surface area (Å²) in [6.45, 7) is 30.0. The first-order valence-corrected chi connectivity index (χ1v) is 26.0. The van der Waals surface area contributed by atoms with E-state index in [1.54, 1.807) is 114 Å². The van der Waals surface area contributed by atoms with Gasteiger partial charge in [-0.1, -0.05) is 39.8 Å². The first-order valence-electron chi connectivity index (χ1n) is 26.0. The van der Waals surface area contributed by atoms with Gasteiger partial charge in [-0.15, -0.1) is 0 Å². The topological polar surface area (TPSA) is 198 Å². The van der Waals surface area contributed by atoms with E-state index in [4.69, 9.17) is 39.4 Å². The van der Waals surface area contributed by atoms with E-state index in [0.717, 1.165) is 28.2 Å². The van der Waals surface area contributed by atoms with Gasteiger partial charge in [0, 0.05) is 68.5 Å². The molecule has 0 saturated carbocycles. The SMILES string of the molecule is COc1c2nc(cc3cc(-c4cc(C(=O)OC(C)(C)C)cc(C(=O)OC(C)(C)C)c4)c([nH]3)c(-c3cccc(N)c3)c3nc(cc4cc(-c5cc(C(=O)OC(C)(C)C)cc(C(=O)OC(C)(C)C)c5)c1[nH]4)C(C)(C)C3)C(C)(C)C2. The van der Waals surface area contributed by atoms with Gasteiger partial charge in [-0.25, -0.2) is 19.2 Å². The van der Waals surface area contributed by atoms with Crippen LogP contribution in [0.2, 0.25) is 0 Å². The molecule has 2 aliphatic heterocycles. The number of ether oxygens (including phenoxy) is 5. The summed E-state index contributed by atoms with van der Waals surface area (Å²) < 4.78 is 29.9. The number of H-pyrrole nitrogens is 2. The van der Waals surface area contributed by atoms with E-state index in [0.29, 0.717) is 74.3 Å². The summed E-state index contributed by atoms with van der Waals surface area (Å²) in [5.74, 6) is -1.93. The lowest BCUT2D eigenvalue weighted by Crippen LogP contribution is -2.25. The highest BCUT2D eigenvalue weighted by molar-refractivity contribution is 6.03. The minimum Gasteiger partial charge on any atom is -0.493 e. The van der Waals surface area contributed by atoms with Crippen molar-refractivity contribution < 1.29 is 42.9 Å². The van der Waals surface area contributed by atoms with Crippen molar-refractivity contribution in [1.82, 2.24) is 19.9 Å². The highest BCUT2D eigenvalue weighted by atomic mass is 16.6. The van der Waals surface area contributed by atoms with Crippen LogP contribution in [0.4, 0.5) is 5.69 Å². The Balaban J connectivity index is 1.51. The van der Waals surface area contributed by atoms with Gasteiger partial charge in [0.25, 0.3) is 0 Å². The summed E-state index contributed by atoms with van der Waals surface area (Å²) in [6.07, 6.45) is 0.961. The minimum atomic E-state index is -0.818. The van der Waals surface area contributed by atoms with Crippen LogP contribution in [0.1, 0.15) is 175 Å². The van der Waals surface area contributed by atoms with Crippen molar-refractivity contribution >= 4 is 51.6 Å². The summed E-state index contributed by atoms with van der Waals surface area (Å²) in [7, 11) is 1.60. The first kappa shape index (κ1) is 55.5. The molecule has 0 atom stereocenters. The largest absolute Gasteiger partial charge is 0.493 e. The predicted molar refractivity (Wildman–Crippen MR) is 302 cm³/mol. The molecule has 0 unspecified atom stereocenters. The summed E-state index contributed by atoms with van der Waals surface area (Å²) >= 11 is 0. The molecule has 4 N–H and O–H groups in total. The Labute approximate surface area is 451 Å². The summed E-state index contributed by atoms with van der Waals surface area (Å²) in [6, 6.07) is 25.6. The predicted octanol–water partition coefficient (Wildman–Crippen LogP) is 13.8. The zero-order valence-electron chi connectivity index (χ0n) is 47.6. The van der Waals surface area contributed by atoms with E-state index in [2.05, 4.69) is 37.7 Å². The van der Waals surface area contributed by atoms with Gasteiger partial charge in [0.15, 0.2) is 5.75 Å². The Kier molecular flexibility index (Phi) is 14.2. The smallest absolute Gasteiger partial charge is 0.338 e. The standard InChI is InChI=1S/C63H73N5O9/c1-58(2,3)74-54(69)37-21-35(22-38(25-37)55(70)75-59(4,5)6)44-28-42-30-49-63(15,16)33-47(68-49)53(73-17)52-45(36-23-39(56(71)76-60(7,8)9)26-40(24-36)57(72)77-61(10,11)12)29-43(66-52)31-48-62(13,14)32-46(67-48)50(51(44)65-42)34-19-18-20-41(64)27-34/h18-31,65-66H,32-33,64H2,1-17H3. The molecule has 0 aliphatic carbocycles. The lowest BCUT2D eigenvalue weighted by molar-refractivity contribution is 0.00465. The second-order valence-electron chi connectivity index (χ2n) is 25.5. The van der Waals surface area contributed by atoms with E-state index in [9.17, 15) is 19.2 Å². The monoisotopic (exact) mass is 1040 g/mol. The van der Waals surface area contributed by atoms with E-state index < -0.39 is 57.1 Å². The van der Waals surface area contributed by atoms with Crippen LogP contribution < -0.4 is 10.5 Å². The molecule has 8 rings (SSSR count). The van der Waals surface area contributed by atoms with Gasteiger partial charge in [-0.05, 0) is 173 Å². The number of aromatic amines is 2. The molecule has 14 nitrogen and oxygen atoms in total. The first-order chi connectivity index (χ1) is 35.5. The average molecular weight is 1040 g/mol. The molecule has 8 bridgehead atoms. The van der Waals surface area contributed by atoms with Crippen molar-refractivity contribution in [2.75, 3.05) is 12.8 Å². The number of carbonyl (C=O) groups is 4. The average Bonchev–Trinajstić information content (AvgIpc) is 4.04. The highest BCUT2D eigenvalue weighted by Crippen LogP contribution is 2.44. The number of fused-ring (bicyclic) bond motifs is 8. The molecule has 77 heavy (non-hydrogen) atoms. The molecule has 3 aromatic carbocycles. The summed E-state index contributed by atoms with van der Waals surface area (Å²) in [5, 5.41) is 0. The second kappa shape index (κ2) is 19.7. The number of rotatable bonds is 8. The molecule has 0 saturated heterocycles. The number of anilines is 1. The van der Waals surface area contributed by atoms with Gasteiger partial charge >= 0.3 is 23.9 Å². The highest BCUT2D eigenvalue weighted by Gasteiger charge is 2.35. The zero-order chi connectivity index (χ0) is 56.5. The molecule has 0 spiro atoms.